The molecule has 2 rings (SSSR count). The second-order valence-electron chi connectivity index (χ2n) is 5.25. The summed E-state index contributed by atoms with van der Waals surface area (Å²) in [6, 6.07) is 0.996. The highest BCUT2D eigenvalue weighted by Gasteiger charge is 2.31. The molecule has 1 unspecified atom stereocenters. The lowest BCUT2D eigenvalue weighted by molar-refractivity contribution is -0.119. The molecule has 5 heteroatoms. The first-order valence-corrected chi connectivity index (χ1v) is 6.55. The van der Waals surface area contributed by atoms with Crippen LogP contribution in [0.5, 0.6) is 0 Å². The summed E-state index contributed by atoms with van der Waals surface area (Å²) in [6.07, 6.45) is 5.77. The van der Waals surface area contributed by atoms with E-state index < -0.39 is 0 Å². The second-order valence-corrected chi connectivity index (χ2v) is 5.25. The highest BCUT2D eigenvalue weighted by Crippen LogP contribution is 2.26. The molecule has 0 aromatic carbocycles. The Morgan fingerprint density at radius 2 is 2.00 bits per heavy atom. The van der Waals surface area contributed by atoms with Gasteiger partial charge in [-0.25, -0.2) is 5.90 Å². The highest BCUT2D eigenvalue weighted by atomic mass is 16.6. The van der Waals surface area contributed by atoms with E-state index in [2.05, 4.69) is 10.2 Å². The van der Waals surface area contributed by atoms with E-state index in [0.29, 0.717) is 12.1 Å². The monoisotopic (exact) mass is 241 g/mol. The van der Waals surface area contributed by atoms with Crippen LogP contribution in [0.25, 0.3) is 0 Å². The van der Waals surface area contributed by atoms with Gasteiger partial charge in [-0.3, -0.25) is 9.69 Å². The zero-order valence-corrected chi connectivity index (χ0v) is 10.5. The molecule has 1 saturated carbocycles. The molecular weight excluding hydrogens is 218 g/mol. The van der Waals surface area contributed by atoms with E-state index in [0.717, 1.165) is 45.2 Å². The van der Waals surface area contributed by atoms with Gasteiger partial charge in [0.1, 0.15) is 0 Å². The molecule has 98 valence electrons. The van der Waals surface area contributed by atoms with E-state index in [1.807, 2.05) is 0 Å². The Bertz CT molecular complexity index is 264. The van der Waals surface area contributed by atoms with Crippen molar-refractivity contribution in [3.05, 3.63) is 0 Å². The number of nitrogens with one attached hydrogen (secondary N) is 1. The molecule has 0 aromatic heterocycles. The maximum atomic E-state index is 11.0. The Morgan fingerprint density at radius 3 is 2.59 bits per heavy atom. The third kappa shape index (κ3) is 3.40. The standard InChI is InChI=1S/C12H23N3O2/c1-9(16)14-10-6-7-15(8-10)11-2-4-12(17-13)5-3-11/h10-12H,2-8,13H2,1H3,(H,14,16). The Balaban J connectivity index is 1.75. The lowest BCUT2D eigenvalue weighted by Gasteiger charge is -2.33. The van der Waals surface area contributed by atoms with Gasteiger partial charge in [0, 0.05) is 32.1 Å². The number of hydrogen-bond acceptors (Lipinski definition) is 4. The van der Waals surface area contributed by atoms with E-state index in [4.69, 9.17) is 10.7 Å². The predicted molar refractivity (Wildman–Crippen MR) is 65.1 cm³/mol. The third-order valence-electron chi connectivity index (χ3n) is 3.98. The minimum atomic E-state index is 0.0806. The first-order chi connectivity index (χ1) is 8.19. The van der Waals surface area contributed by atoms with Crippen LogP contribution in [0.2, 0.25) is 0 Å². The number of nitrogens with two attached hydrogens (primary N) is 1. The summed E-state index contributed by atoms with van der Waals surface area (Å²) in [5.41, 5.74) is 0. The summed E-state index contributed by atoms with van der Waals surface area (Å²) in [7, 11) is 0. The van der Waals surface area contributed by atoms with Gasteiger partial charge in [-0.2, -0.15) is 0 Å². The van der Waals surface area contributed by atoms with Gasteiger partial charge < -0.3 is 10.2 Å². The third-order valence-corrected chi connectivity index (χ3v) is 3.98. The number of carbonyl (C=O) groups is 1. The number of likely N-dealkylation sites (tertiary alicyclic amines) is 1. The largest absolute Gasteiger partial charge is 0.352 e. The zero-order chi connectivity index (χ0) is 12.3. The van der Waals surface area contributed by atoms with Crippen molar-refractivity contribution in [2.75, 3.05) is 13.1 Å². The maximum absolute atomic E-state index is 11.0. The van der Waals surface area contributed by atoms with Crippen molar-refractivity contribution in [3.63, 3.8) is 0 Å². The first kappa shape index (κ1) is 12.8. The van der Waals surface area contributed by atoms with Gasteiger partial charge in [-0.05, 0) is 32.1 Å². The van der Waals surface area contributed by atoms with Crippen LogP contribution in [0.4, 0.5) is 0 Å². The Kier molecular flexibility index (Phi) is 4.36. The lowest BCUT2D eigenvalue weighted by Crippen LogP contribution is -2.41. The lowest BCUT2D eigenvalue weighted by atomic mass is 9.92. The van der Waals surface area contributed by atoms with Gasteiger partial charge in [0.15, 0.2) is 0 Å². The normalized spacial score (nSPS) is 34.8. The van der Waals surface area contributed by atoms with Crippen LogP contribution in [-0.2, 0) is 9.63 Å². The fraction of sp³-hybridized carbons (Fsp3) is 0.917. The van der Waals surface area contributed by atoms with Crippen molar-refractivity contribution in [3.8, 4) is 0 Å². The molecule has 0 spiro atoms. The van der Waals surface area contributed by atoms with Gasteiger partial charge in [0.05, 0.1) is 6.10 Å². The molecule has 0 bridgehead atoms. The molecule has 0 aromatic rings. The van der Waals surface area contributed by atoms with Gasteiger partial charge in [-0.1, -0.05) is 0 Å². The summed E-state index contributed by atoms with van der Waals surface area (Å²) in [6.45, 7) is 3.69. The quantitative estimate of drug-likeness (QED) is 0.702. The molecule has 1 heterocycles. The average molecular weight is 241 g/mol. The van der Waals surface area contributed by atoms with Gasteiger partial charge >= 0.3 is 0 Å². The maximum Gasteiger partial charge on any atom is 0.217 e. The van der Waals surface area contributed by atoms with Crippen LogP contribution < -0.4 is 11.2 Å². The summed E-state index contributed by atoms with van der Waals surface area (Å²) >= 11 is 0. The van der Waals surface area contributed by atoms with Crippen LogP contribution in [0.15, 0.2) is 0 Å². The molecule has 1 amide bonds. The smallest absolute Gasteiger partial charge is 0.217 e. The van der Waals surface area contributed by atoms with Crippen molar-refractivity contribution in [1.29, 1.82) is 0 Å². The SMILES string of the molecule is CC(=O)NC1CCN(C2CCC(ON)CC2)C1. The molecule has 2 aliphatic rings. The number of nitrogens with zero attached hydrogens (tertiary/aromatic N) is 1. The molecular formula is C12H23N3O2. The molecule has 17 heavy (non-hydrogen) atoms. The molecule has 3 N–H and O–H groups in total. The van der Waals surface area contributed by atoms with Crippen molar-refractivity contribution < 1.29 is 9.63 Å². The van der Waals surface area contributed by atoms with Crippen LogP contribution in [-0.4, -0.2) is 42.1 Å². The number of hydrogen-bond donors (Lipinski definition) is 2. The van der Waals surface area contributed by atoms with Crippen molar-refractivity contribution >= 4 is 5.91 Å². The van der Waals surface area contributed by atoms with E-state index in [1.165, 1.54) is 0 Å². The van der Waals surface area contributed by atoms with Gasteiger partial charge in [0.2, 0.25) is 5.91 Å². The van der Waals surface area contributed by atoms with Crippen LogP contribution in [0, 0.1) is 0 Å². The predicted octanol–water partition coefficient (Wildman–Crippen LogP) is 0.398. The topological polar surface area (TPSA) is 67.6 Å². The first-order valence-electron chi connectivity index (χ1n) is 6.55. The highest BCUT2D eigenvalue weighted by molar-refractivity contribution is 5.73. The summed E-state index contributed by atoms with van der Waals surface area (Å²) in [5.74, 6) is 5.30. The minimum absolute atomic E-state index is 0.0806. The van der Waals surface area contributed by atoms with E-state index in [1.54, 1.807) is 6.92 Å². The molecule has 0 radical (unpaired) electrons. The van der Waals surface area contributed by atoms with Crippen LogP contribution in [0.3, 0.4) is 0 Å². The Labute approximate surface area is 103 Å². The van der Waals surface area contributed by atoms with E-state index in [9.17, 15) is 4.79 Å². The zero-order valence-electron chi connectivity index (χ0n) is 10.5. The molecule has 1 atom stereocenters. The molecule has 1 aliphatic carbocycles. The van der Waals surface area contributed by atoms with Gasteiger partial charge in [0.25, 0.3) is 0 Å². The van der Waals surface area contributed by atoms with E-state index >= 15 is 0 Å². The number of amides is 1. The fourth-order valence-electron chi connectivity index (χ4n) is 3.07. The van der Waals surface area contributed by atoms with E-state index in [-0.39, 0.29) is 12.0 Å². The Hall–Kier alpha value is -0.650. The fourth-order valence-corrected chi connectivity index (χ4v) is 3.07. The summed E-state index contributed by atoms with van der Waals surface area (Å²) < 4.78 is 0. The second kappa shape index (κ2) is 5.80. The van der Waals surface area contributed by atoms with Gasteiger partial charge in [-0.15, -0.1) is 0 Å². The van der Waals surface area contributed by atoms with Crippen LogP contribution >= 0.6 is 0 Å². The summed E-state index contributed by atoms with van der Waals surface area (Å²) in [4.78, 5) is 18.4. The Morgan fingerprint density at radius 1 is 1.29 bits per heavy atom. The molecule has 5 nitrogen and oxygen atoms in total. The van der Waals surface area contributed by atoms with Crippen molar-refractivity contribution in [1.82, 2.24) is 10.2 Å². The van der Waals surface area contributed by atoms with Crippen LogP contribution in [0.1, 0.15) is 39.0 Å². The average Bonchev–Trinajstić information content (AvgIpc) is 2.77. The molecule has 1 aliphatic heterocycles. The number of carbonyl (C=O) groups excluding carboxylic acids is 1. The van der Waals surface area contributed by atoms with Crippen molar-refractivity contribution in [2.45, 2.75) is 57.2 Å². The minimum Gasteiger partial charge on any atom is -0.352 e. The number of rotatable bonds is 3. The molecule has 1 saturated heterocycles. The molecule has 2 fully saturated rings. The van der Waals surface area contributed by atoms with Crippen molar-refractivity contribution in [2.24, 2.45) is 5.90 Å². The summed E-state index contributed by atoms with van der Waals surface area (Å²) in [5, 5.41) is 3.01.